The van der Waals surface area contributed by atoms with Crippen molar-refractivity contribution in [2.24, 2.45) is 0 Å². The summed E-state index contributed by atoms with van der Waals surface area (Å²) < 4.78 is 14.6. The van der Waals surface area contributed by atoms with E-state index in [1.54, 1.807) is 12.3 Å². The third-order valence-corrected chi connectivity index (χ3v) is 5.91. The molecule has 0 radical (unpaired) electrons. The number of hydrogen-bond acceptors (Lipinski definition) is 6. The van der Waals surface area contributed by atoms with Crippen molar-refractivity contribution in [1.82, 2.24) is 25.3 Å². The van der Waals surface area contributed by atoms with E-state index in [4.69, 9.17) is 0 Å². The van der Waals surface area contributed by atoms with Crippen molar-refractivity contribution in [2.75, 3.05) is 25.0 Å². The van der Waals surface area contributed by atoms with E-state index in [0.29, 0.717) is 22.9 Å². The largest absolute Gasteiger partial charge is 0.507 e. The zero-order valence-corrected chi connectivity index (χ0v) is 17.7. The van der Waals surface area contributed by atoms with Gasteiger partial charge in [0.25, 0.3) is 0 Å². The first kappa shape index (κ1) is 20.3. The third kappa shape index (κ3) is 3.87. The second kappa shape index (κ2) is 7.68. The van der Waals surface area contributed by atoms with E-state index in [-0.39, 0.29) is 16.9 Å². The first-order chi connectivity index (χ1) is 14.2. The highest BCUT2D eigenvalue weighted by Crippen LogP contribution is 2.35. The smallest absolute Gasteiger partial charge is 0.151 e. The van der Waals surface area contributed by atoms with Crippen LogP contribution in [0, 0.1) is 5.82 Å². The molecule has 1 aliphatic heterocycles. The second-order valence-electron chi connectivity index (χ2n) is 8.78. The molecule has 4 rings (SSSR count). The maximum absolute atomic E-state index is 14.6. The number of aromatic nitrogens is 4. The summed E-state index contributed by atoms with van der Waals surface area (Å²) in [5.41, 5.74) is 1.70. The lowest BCUT2D eigenvalue weighted by molar-refractivity contribution is 0.127. The molecular formula is C22H27FN6O. The molecule has 0 aliphatic carbocycles. The van der Waals surface area contributed by atoms with Gasteiger partial charge in [0.05, 0.1) is 11.9 Å². The molecule has 30 heavy (non-hydrogen) atoms. The summed E-state index contributed by atoms with van der Waals surface area (Å²) in [5.74, 6) is 0.281. The summed E-state index contributed by atoms with van der Waals surface area (Å²) in [6.45, 7) is 8.45. The summed E-state index contributed by atoms with van der Waals surface area (Å²) in [4.78, 5) is 4.61. The summed E-state index contributed by atoms with van der Waals surface area (Å²) in [6.07, 6.45) is 4.15. The first-order valence-corrected chi connectivity index (χ1v) is 10.1. The number of halogens is 1. The maximum Gasteiger partial charge on any atom is 0.151 e. The molecule has 0 bridgehead atoms. The molecule has 2 N–H and O–H groups in total. The van der Waals surface area contributed by atoms with Gasteiger partial charge in [-0.25, -0.2) is 4.39 Å². The molecule has 158 valence electrons. The Kier molecular flexibility index (Phi) is 5.19. The van der Waals surface area contributed by atoms with Crippen LogP contribution in [-0.4, -0.2) is 62.1 Å². The zero-order chi connectivity index (χ0) is 21.5. The first-order valence-electron chi connectivity index (χ1n) is 10.1. The molecule has 1 fully saturated rings. The molecule has 0 saturated carbocycles. The average molecular weight is 410 g/mol. The van der Waals surface area contributed by atoms with Crippen molar-refractivity contribution >= 4 is 5.82 Å². The lowest BCUT2D eigenvalue weighted by atomic mass is 10.0. The Bertz CT molecular complexity index is 1010. The molecule has 3 aromatic rings. The van der Waals surface area contributed by atoms with E-state index in [2.05, 4.69) is 58.0 Å². The van der Waals surface area contributed by atoms with E-state index in [0.717, 1.165) is 25.3 Å². The summed E-state index contributed by atoms with van der Waals surface area (Å²) in [7, 11) is 2.16. The Balaban J connectivity index is 1.53. The Labute approximate surface area is 175 Å². The van der Waals surface area contributed by atoms with Crippen molar-refractivity contribution in [3.63, 3.8) is 0 Å². The maximum atomic E-state index is 14.6. The van der Waals surface area contributed by atoms with Crippen molar-refractivity contribution in [2.45, 2.75) is 38.8 Å². The van der Waals surface area contributed by atoms with Crippen molar-refractivity contribution in [1.29, 1.82) is 0 Å². The number of rotatable bonds is 4. The molecular weight excluding hydrogens is 383 g/mol. The van der Waals surface area contributed by atoms with E-state index in [9.17, 15) is 9.50 Å². The fourth-order valence-corrected chi connectivity index (χ4v) is 3.84. The molecule has 0 spiro atoms. The molecule has 1 aromatic carbocycles. The average Bonchev–Trinajstić information content (AvgIpc) is 3.40. The second-order valence-corrected chi connectivity index (χ2v) is 8.78. The third-order valence-electron chi connectivity index (χ3n) is 5.91. The van der Waals surface area contributed by atoms with Crippen molar-refractivity contribution in [3.8, 4) is 28.1 Å². The number of hydrogen-bond donors (Lipinski definition) is 2. The van der Waals surface area contributed by atoms with Crippen LogP contribution >= 0.6 is 0 Å². The van der Waals surface area contributed by atoms with Crippen LogP contribution in [0.4, 0.5) is 10.2 Å². The van der Waals surface area contributed by atoms with Crippen molar-refractivity contribution in [3.05, 3.63) is 42.5 Å². The van der Waals surface area contributed by atoms with Crippen LogP contribution in [0.25, 0.3) is 22.4 Å². The highest BCUT2D eigenvalue weighted by molar-refractivity contribution is 5.74. The van der Waals surface area contributed by atoms with Gasteiger partial charge < -0.3 is 10.0 Å². The van der Waals surface area contributed by atoms with Crippen LogP contribution in [0.5, 0.6) is 5.75 Å². The van der Waals surface area contributed by atoms with Crippen molar-refractivity contribution < 1.29 is 9.50 Å². The number of anilines is 1. The van der Waals surface area contributed by atoms with Gasteiger partial charge in [0, 0.05) is 47.6 Å². The van der Waals surface area contributed by atoms with Gasteiger partial charge in [-0.15, -0.1) is 10.2 Å². The number of aromatic hydroxyl groups is 1. The number of aromatic amines is 1. The standard InChI is InChI=1S/C22H27FN6O/c1-22(2,3)28(4)15-7-8-29(13-15)21-6-5-19(26-27-21)17-9-18(23)16(10-20(17)30)14-11-24-25-12-14/h5-6,9-12,15,30H,7-8,13H2,1-4H3,(H,24,25)/t15-/m1/s1. The SMILES string of the molecule is CN([C@@H]1CCN(c2ccc(-c3cc(F)c(-c4cn[nH]c4)cc3O)nn2)C1)C(C)(C)C. The number of nitrogens with zero attached hydrogens (tertiary/aromatic N) is 5. The van der Waals surface area contributed by atoms with Crippen LogP contribution in [0.3, 0.4) is 0 Å². The van der Waals surface area contributed by atoms with E-state index < -0.39 is 5.82 Å². The normalized spacial score (nSPS) is 17.1. The molecule has 0 unspecified atom stereocenters. The molecule has 3 heterocycles. The molecule has 8 heteroatoms. The van der Waals surface area contributed by atoms with Crippen LogP contribution < -0.4 is 4.90 Å². The van der Waals surface area contributed by atoms with Gasteiger partial charge in [0.1, 0.15) is 11.6 Å². The Morgan fingerprint density at radius 1 is 1.20 bits per heavy atom. The molecule has 1 saturated heterocycles. The number of nitrogens with one attached hydrogen (secondary N) is 1. The fraction of sp³-hybridized carbons (Fsp3) is 0.409. The summed E-state index contributed by atoms with van der Waals surface area (Å²) in [6, 6.07) is 6.78. The highest BCUT2D eigenvalue weighted by Gasteiger charge is 2.31. The lowest BCUT2D eigenvalue weighted by Crippen LogP contribution is -2.46. The van der Waals surface area contributed by atoms with E-state index in [1.807, 2.05) is 6.07 Å². The van der Waals surface area contributed by atoms with Crippen LogP contribution in [0.2, 0.25) is 0 Å². The predicted molar refractivity (Wildman–Crippen MR) is 115 cm³/mol. The monoisotopic (exact) mass is 410 g/mol. The Morgan fingerprint density at radius 2 is 2.00 bits per heavy atom. The number of phenols is 1. The van der Waals surface area contributed by atoms with Crippen LogP contribution in [0.1, 0.15) is 27.2 Å². The molecule has 7 nitrogen and oxygen atoms in total. The molecule has 1 atom stereocenters. The van der Waals surface area contributed by atoms with Crippen LogP contribution in [0.15, 0.2) is 36.7 Å². The van der Waals surface area contributed by atoms with Gasteiger partial charge in [0.15, 0.2) is 5.82 Å². The predicted octanol–water partition coefficient (Wildman–Crippen LogP) is 3.69. The topological polar surface area (TPSA) is 81.2 Å². The number of likely N-dealkylation sites (N-methyl/N-ethyl adjacent to an activating group) is 1. The molecule has 0 amide bonds. The van der Waals surface area contributed by atoms with E-state index in [1.165, 1.54) is 18.3 Å². The van der Waals surface area contributed by atoms with Gasteiger partial charge >= 0.3 is 0 Å². The fourth-order valence-electron chi connectivity index (χ4n) is 3.84. The minimum atomic E-state index is -0.456. The van der Waals surface area contributed by atoms with Gasteiger partial charge in [-0.05, 0) is 58.5 Å². The number of benzene rings is 1. The molecule has 2 aromatic heterocycles. The van der Waals surface area contributed by atoms with Gasteiger partial charge in [-0.2, -0.15) is 5.10 Å². The van der Waals surface area contributed by atoms with Crippen LogP contribution in [-0.2, 0) is 0 Å². The lowest BCUT2D eigenvalue weighted by Gasteiger charge is -2.36. The highest BCUT2D eigenvalue weighted by atomic mass is 19.1. The molecule has 1 aliphatic rings. The number of H-pyrrole nitrogens is 1. The van der Waals surface area contributed by atoms with Gasteiger partial charge in [-0.3, -0.25) is 10.00 Å². The van der Waals surface area contributed by atoms with Gasteiger partial charge in [0.2, 0.25) is 0 Å². The summed E-state index contributed by atoms with van der Waals surface area (Å²) >= 11 is 0. The minimum Gasteiger partial charge on any atom is -0.507 e. The Hall–Kier alpha value is -3.00. The number of phenolic OH excluding ortho intramolecular Hbond substituents is 1. The van der Waals surface area contributed by atoms with E-state index >= 15 is 0 Å². The summed E-state index contributed by atoms with van der Waals surface area (Å²) in [5, 5.41) is 25.5. The Morgan fingerprint density at radius 3 is 2.63 bits per heavy atom. The van der Waals surface area contributed by atoms with Gasteiger partial charge in [-0.1, -0.05) is 0 Å². The zero-order valence-electron chi connectivity index (χ0n) is 17.7. The minimum absolute atomic E-state index is 0.0531. The quantitative estimate of drug-likeness (QED) is 0.683.